The third kappa shape index (κ3) is 3.64. The van der Waals surface area contributed by atoms with Crippen LogP contribution in [0.25, 0.3) is 0 Å². The van der Waals surface area contributed by atoms with Crippen LogP contribution in [-0.2, 0) is 9.84 Å². The summed E-state index contributed by atoms with van der Waals surface area (Å²) in [6.07, 6.45) is 0.669. The van der Waals surface area contributed by atoms with Gasteiger partial charge in [0.1, 0.15) is 5.82 Å². The number of hydrogen-bond donors (Lipinski definition) is 0. The Hall–Kier alpha value is -1.37. The molecule has 1 aromatic rings. The maximum Gasteiger partial charge on any atom is 0.227 e. The van der Waals surface area contributed by atoms with Gasteiger partial charge < -0.3 is 9.80 Å². The van der Waals surface area contributed by atoms with E-state index in [9.17, 15) is 8.42 Å². The van der Waals surface area contributed by atoms with Crippen molar-refractivity contribution in [1.29, 1.82) is 0 Å². The Bertz CT molecular complexity index is 599. The molecule has 0 aliphatic carbocycles. The maximum absolute atomic E-state index is 11.6. The molecule has 1 saturated heterocycles. The second kappa shape index (κ2) is 6.17. The summed E-state index contributed by atoms with van der Waals surface area (Å²) >= 11 is 0. The zero-order chi connectivity index (χ0) is 15.6. The van der Waals surface area contributed by atoms with Crippen LogP contribution in [-0.4, -0.2) is 56.1 Å². The molecule has 0 amide bonds. The Balaban J connectivity index is 2.27. The van der Waals surface area contributed by atoms with Crippen molar-refractivity contribution in [3.63, 3.8) is 0 Å². The SMILES string of the molecule is CCN(CC)c1nc(C)cc(N(C)C2CCS(=O)(=O)C2)n1. The summed E-state index contributed by atoms with van der Waals surface area (Å²) in [5.41, 5.74) is 0.898. The van der Waals surface area contributed by atoms with E-state index in [1.807, 2.05) is 24.9 Å². The Morgan fingerprint density at radius 2 is 1.95 bits per heavy atom. The molecule has 1 aliphatic rings. The van der Waals surface area contributed by atoms with E-state index in [0.29, 0.717) is 12.4 Å². The zero-order valence-electron chi connectivity index (χ0n) is 13.2. The molecular formula is C14H24N4O2S. The van der Waals surface area contributed by atoms with Gasteiger partial charge in [-0.3, -0.25) is 0 Å². The Morgan fingerprint density at radius 3 is 2.48 bits per heavy atom. The molecule has 0 spiro atoms. The van der Waals surface area contributed by atoms with Gasteiger partial charge in [0.2, 0.25) is 5.95 Å². The number of hydrogen-bond acceptors (Lipinski definition) is 6. The van der Waals surface area contributed by atoms with Crippen molar-refractivity contribution in [3.8, 4) is 0 Å². The molecule has 0 aromatic carbocycles. The van der Waals surface area contributed by atoms with E-state index in [0.717, 1.165) is 24.6 Å². The van der Waals surface area contributed by atoms with Gasteiger partial charge in [-0.05, 0) is 27.2 Å². The molecular weight excluding hydrogens is 288 g/mol. The number of sulfone groups is 1. The van der Waals surface area contributed by atoms with Gasteiger partial charge >= 0.3 is 0 Å². The summed E-state index contributed by atoms with van der Waals surface area (Å²) in [6, 6.07) is 1.92. The molecule has 21 heavy (non-hydrogen) atoms. The molecule has 0 N–H and O–H groups in total. The molecule has 118 valence electrons. The van der Waals surface area contributed by atoms with Crippen molar-refractivity contribution < 1.29 is 8.42 Å². The van der Waals surface area contributed by atoms with Gasteiger partial charge in [-0.1, -0.05) is 0 Å². The first-order valence-corrected chi connectivity index (χ1v) is 9.22. The molecule has 7 heteroatoms. The normalized spacial score (nSPS) is 20.5. The zero-order valence-corrected chi connectivity index (χ0v) is 14.0. The van der Waals surface area contributed by atoms with E-state index in [-0.39, 0.29) is 17.5 Å². The van der Waals surface area contributed by atoms with Crippen LogP contribution in [0.1, 0.15) is 26.0 Å². The van der Waals surface area contributed by atoms with Crippen molar-refractivity contribution in [1.82, 2.24) is 9.97 Å². The Morgan fingerprint density at radius 1 is 1.29 bits per heavy atom. The average molecular weight is 312 g/mol. The first-order valence-electron chi connectivity index (χ1n) is 7.40. The average Bonchev–Trinajstić information content (AvgIpc) is 2.79. The van der Waals surface area contributed by atoms with Gasteiger partial charge in [-0.2, -0.15) is 4.98 Å². The number of aromatic nitrogens is 2. The van der Waals surface area contributed by atoms with E-state index < -0.39 is 9.84 Å². The monoisotopic (exact) mass is 312 g/mol. The number of aryl methyl sites for hydroxylation is 1. The molecule has 6 nitrogen and oxygen atoms in total. The van der Waals surface area contributed by atoms with E-state index in [1.54, 1.807) is 0 Å². The first kappa shape index (κ1) is 16.0. The van der Waals surface area contributed by atoms with Gasteiger partial charge in [-0.25, -0.2) is 13.4 Å². The molecule has 1 unspecified atom stereocenters. The molecule has 1 aliphatic heterocycles. The van der Waals surface area contributed by atoms with E-state index in [4.69, 9.17) is 0 Å². The van der Waals surface area contributed by atoms with E-state index >= 15 is 0 Å². The standard InChI is InChI=1S/C14H24N4O2S/c1-5-18(6-2)14-15-11(3)9-13(16-14)17(4)12-7-8-21(19,20)10-12/h9,12H,5-8,10H2,1-4H3. The summed E-state index contributed by atoms with van der Waals surface area (Å²) in [5, 5.41) is 0. The van der Waals surface area contributed by atoms with Gasteiger partial charge in [0.25, 0.3) is 0 Å². The largest absolute Gasteiger partial charge is 0.355 e. The summed E-state index contributed by atoms with van der Waals surface area (Å²) < 4.78 is 23.3. The van der Waals surface area contributed by atoms with Crippen LogP contribution in [0.4, 0.5) is 11.8 Å². The predicted octanol–water partition coefficient (Wildman–Crippen LogP) is 1.25. The number of anilines is 2. The van der Waals surface area contributed by atoms with Crippen LogP contribution < -0.4 is 9.80 Å². The third-order valence-electron chi connectivity index (χ3n) is 3.99. The molecule has 2 heterocycles. The molecule has 0 saturated carbocycles. The minimum absolute atomic E-state index is 0.00820. The van der Waals surface area contributed by atoms with E-state index in [1.165, 1.54) is 0 Å². The van der Waals surface area contributed by atoms with Crippen molar-refractivity contribution in [2.45, 2.75) is 33.2 Å². The predicted molar refractivity (Wildman–Crippen MR) is 85.8 cm³/mol. The lowest BCUT2D eigenvalue weighted by atomic mass is 10.2. The van der Waals surface area contributed by atoms with Crippen LogP contribution in [0, 0.1) is 6.92 Å². The molecule has 0 radical (unpaired) electrons. The lowest BCUT2D eigenvalue weighted by molar-refractivity contribution is 0.600. The van der Waals surface area contributed by atoms with Crippen molar-refractivity contribution in [2.24, 2.45) is 0 Å². The summed E-state index contributed by atoms with van der Waals surface area (Å²) in [6.45, 7) is 7.78. The van der Waals surface area contributed by atoms with Crippen LogP contribution in [0.5, 0.6) is 0 Å². The minimum Gasteiger partial charge on any atom is -0.355 e. The summed E-state index contributed by atoms with van der Waals surface area (Å²) in [5.74, 6) is 2.00. The summed E-state index contributed by atoms with van der Waals surface area (Å²) in [7, 11) is -0.974. The van der Waals surface area contributed by atoms with Crippen LogP contribution in [0.2, 0.25) is 0 Å². The first-order chi connectivity index (χ1) is 9.86. The fourth-order valence-electron chi connectivity index (χ4n) is 2.63. The topological polar surface area (TPSA) is 66.4 Å². The van der Waals surface area contributed by atoms with Crippen LogP contribution in [0.15, 0.2) is 6.07 Å². The fraction of sp³-hybridized carbons (Fsp3) is 0.714. The molecule has 1 aromatic heterocycles. The van der Waals surface area contributed by atoms with Crippen LogP contribution in [0.3, 0.4) is 0 Å². The van der Waals surface area contributed by atoms with E-state index in [2.05, 4.69) is 28.7 Å². The highest BCUT2D eigenvalue weighted by molar-refractivity contribution is 7.91. The van der Waals surface area contributed by atoms with Crippen molar-refractivity contribution in [3.05, 3.63) is 11.8 Å². The highest BCUT2D eigenvalue weighted by Crippen LogP contribution is 2.23. The molecule has 2 rings (SSSR count). The van der Waals surface area contributed by atoms with Crippen LogP contribution >= 0.6 is 0 Å². The number of nitrogens with zero attached hydrogens (tertiary/aromatic N) is 4. The highest BCUT2D eigenvalue weighted by atomic mass is 32.2. The Kier molecular flexibility index (Phi) is 4.70. The molecule has 1 atom stereocenters. The lowest BCUT2D eigenvalue weighted by Crippen LogP contribution is -2.34. The minimum atomic E-state index is -2.89. The quantitative estimate of drug-likeness (QED) is 0.815. The molecule has 0 bridgehead atoms. The third-order valence-corrected chi connectivity index (χ3v) is 5.74. The Labute approximate surface area is 127 Å². The second-order valence-corrected chi connectivity index (χ2v) is 7.74. The van der Waals surface area contributed by atoms with Crippen molar-refractivity contribution >= 4 is 21.6 Å². The maximum atomic E-state index is 11.6. The van der Waals surface area contributed by atoms with Crippen molar-refractivity contribution in [2.75, 3.05) is 41.4 Å². The smallest absolute Gasteiger partial charge is 0.227 e. The van der Waals surface area contributed by atoms with Gasteiger partial charge in [0.05, 0.1) is 11.5 Å². The fourth-order valence-corrected chi connectivity index (χ4v) is 4.41. The van der Waals surface area contributed by atoms with Gasteiger partial charge in [-0.15, -0.1) is 0 Å². The molecule has 1 fully saturated rings. The number of rotatable bonds is 5. The van der Waals surface area contributed by atoms with Gasteiger partial charge in [0, 0.05) is 37.9 Å². The summed E-state index contributed by atoms with van der Waals surface area (Å²) in [4.78, 5) is 13.2. The highest BCUT2D eigenvalue weighted by Gasteiger charge is 2.31. The lowest BCUT2D eigenvalue weighted by Gasteiger charge is -2.26. The second-order valence-electron chi connectivity index (χ2n) is 5.51. The van der Waals surface area contributed by atoms with Gasteiger partial charge in [0.15, 0.2) is 9.84 Å².